The van der Waals surface area contributed by atoms with Gasteiger partial charge in [0.1, 0.15) is 18.1 Å². The van der Waals surface area contributed by atoms with E-state index in [0.29, 0.717) is 33.9 Å². The first-order valence-corrected chi connectivity index (χ1v) is 15.3. The van der Waals surface area contributed by atoms with Crippen molar-refractivity contribution < 1.29 is 22.7 Å². The van der Waals surface area contributed by atoms with Crippen LogP contribution in [-0.4, -0.2) is 42.0 Å². The standard InChI is InChI=1S/C30H27N5O5S2/c1-39-27-14-8-6-12-25(27)35-28(19-40-26-13-7-5-11-24(26)21-9-3-2-4-10-21)33-34-30(35)41-20-29(36)32-22-15-17-23(18-16-22)42(31,37)38/h2-18H,19-20H2,1H3,(H,32,36)(H2,31,37,38). The van der Waals surface area contributed by atoms with Crippen LogP contribution in [0.1, 0.15) is 5.82 Å². The Morgan fingerprint density at radius 2 is 1.55 bits per heavy atom. The average Bonchev–Trinajstić information content (AvgIpc) is 3.42. The molecule has 1 heterocycles. The molecule has 0 saturated heterocycles. The number of benzene rings is 4. The third kappa shape index (κ3) is 6.79. The number of aromatic nitrogens is 3. The summed E-state index contributed by atoms with van der Waals surface area (Å²) in [6.07, 6.45) is 0. The number of hydrogen-bond donors (Lipinski definition) is 2. The number of sulfonamides is 1. The Morgan fingerprint density at radius 1 is 0.881 bits per heavy atom. The molecule has 0 radical (unpaired) electrons. The van der Waals surface area contributed by atoms with Crippen LogP contribution in [0.5, 0.6) is 11.5 Å². The number of thioether (sulfide) groups is 1. The van der Waals surface area contributed by atoms with Crippen LogP contribution in [-0.2, 0) is 21.4 Å². The number of rotatable bonds is 11. The van der Waals surface area contributed by atoms with Crippen LogP contribution in [0.25, 0.3) is 16.8 Å². The van der Waals surface area contributed by atoms with Crippen LogP contribution in [0.15, 0.2) is 113 Å². The number of amides is 1. The normalized spacial score (nSPS) is 11.2. The van der Waals surface area contributed by atoms with Crippen molar-refractivity contribution >= 4 is 33.4 Å². The molecule has 0 bridgehead atoms. The highest BCUT2D eigenvalue weighted by atomic mass is 32.2. The monoisotopic (exact) mass is 601 g/mol. The minimum Gasteiger partial charge on any atom is -0.495 e. The zero-order chi connectivity index (χ0) is 29.5. The molecule has 42 heavy (non-hydrogen) atoms. The van der Waals surface area contributed by atoms with E-state index >= 15 is 0 Å². The second-order valence-electron chi connectivity index (χ2n) is 8.96. The first-order chi connectivity index (χ1) is 20.3. The second kappa shape index (κ2) is 12.9. The molecule has 0 atom stereocenters. The van der Waals surface area contributed by atoms with E-state index in [0.717, 1.165) is 11.1 Å². The van der Waals surface area contributed by atoms with E-state index in [1.165, 1.54) is 36.0 Å². The van der Waals surface area contributed by atoms with Crippen LogP contribution < -0.4 is 19.9 Å². The molecule has 0 aliphatic carbocycles. The highest BCUT2D eigenvalue weighted by molar-refractivity contribution is 7.99. The summed E-state index contributed by atoms with van der Waals surface area (Å²) in [5.74, 6) is 1.52. The summed E-state index contributed by atoms with van der Waals surface area (Å²) in [7, 11) is -2.24. The van der Waals surface area contributed by atoms with Gasteiger partial charge in [-0.25, -0.2) is 13.6 Å². The Hall–Kier alpha value is -4.65. The number of primary sulfonamides is 1. The number of hydrogen-bond acceptors (Lipinski definition) is 8. The van der Waals surface area contributed by atoms with Gasteiger partial charge in [0.25, 0.3) is 0 Å². The van der Waals surface area contributed by atoms with Crippen molar-refractivity contribution in [2.45, 2.75) is 16.7 Å². The van der Waals surface area contributed by atoms with Crippen molar-refractivity contribution in [3.63, 3.8) is 0 Å². The molecule has 1 aromatic heterocycles. The van der Waals surface area contributed by atoms with Crippen LogP contribution in [0.4, 0.5) is 5.69 Å². The van der Waals surface area contributed by atoms with Crippen molar-refractivity contribution in [2.24, 2.45) is 5.14 Å². The van der Waals surface area contributed by atoms with Gasteiger partial charge in [0.15, 0.2) is 11.0 Å². The molecular weight excluding hydrogens is 574 g/mol. The molecule has 0 spiro atoms. The number of nitrogens with two attached hydrogens (primary N) is 1. The number of carbonyl (C=O) groups is 1. The van der Waals surface area contributed by atoms with E-state index in [4.69, 9.17) is 14.6 Å². The Labute approximate surface area is 247 Å². The Bertz CT molecular complexity index is 1790. The van der Waals surface area contributed by atoms with E-state index in [1.54, 1.807) is 7.11 Å². The van der Waals surface area contributed by atoms with Crippen molar-refractivity contribution in [3.8, 4) is 28.3 Å². The van der Waals surface area contributed by atoms with Gasteiger partial charge in [-0.15, -0.1) is 10.2 Å². The molecule has 214 valence electrons. The van der Waals surface area contributed by atoms with E-state index in [1.807, 2.05) is 83.4 Å². The zero-order valence-electron chi connectivity index (χ0n) is 22.5. The third-order valence-corrected chi connectivity index (χ3v) is 8.01. The maximum Gasteiger partial charge on any atom is 0.238 e. The minimum atomic E-state index is -3.82. The number of ether oxygens (including phenoxy) is 2. The first-order valence-electron chi connectivity index (χ1n) is 12.7. The van der Waals surface area contributed by atoms with Crippen molar-refractivity contribution in [1.82, 2.24) is 14.8 Å². The quantitative estimate of drug-likeness (QED) is 0.204. The van der Waals surface area contributed by atoms with E-state index in [2.05, 4.69) is 15.5 Å². The summed E-state index contributed by atoms with van der Waals surface area (Å²) in [5, 5.41) is 17.1. The van der Waals surface area contributed by atoms with Gasteiger partial charge in [0.05, 0.1) is 23.4 Å². The highest BCUT2D eigenvalue weighted by Gasteiger charge is 2.20. The van der Waals surface area contributed by atoms with E-state index < -0.39 is 10.0 Å². The fourth-order valence-corrected chi connectivity index (χ4v) is 5.47. The number of para-hydroxylation sites is 3. The predicted octanol–water partition coefficient (Wildman–Crippen LogP) is 4.90. The van der Waals surface area contributed by atoms with Gasteiger partial charge < -0.3 is 14.8 Å². The van der Waals surface area contributed by atoms with Gasteiger partial charge in [0.2, 0.25) is 15.9 Å². The van der Waals surface area contributed by atoms with Crippen LogP contribution in [0, 0.1) is 0 Å². The van der Waals surface area contributed by atoms with Gasteiger partial charge in [-0.2, -0.15) is 0 Å². The molecule has 1 amide bonds. The molecule has 0 saturated carbocycles. The maximum atomic E-state index is 12.7. The lowest BCUT2D eigenvalue weighted by atomic mass is 10.1. The fraction of sp³-hybridized carbons (Fsp3) is 0.100. The summed E-state index contributed by atoms with van der Waals surface area (Å²) in [6.45, 7) is 0.109. The van der Waals surface area contributed by atoms with Crippen molar-refractivity contribution in [3.05, 3.63) is 109 Å². The largest absolute Gasteiger partial charge is 0.495 e. The number of nitrogens with one attached hydrogen (secondary N) is 1. The van der Waals surface area contributed by atoms with E-state index in [-0.39, 0.29) is 23.2 Å². The smallest absolute Gasteiger partial charge is 0.238 e. The number of nitrogens with zero attached hydrogens (tertiary/aromatic N) is 3. The molecule has 0 aliphatic rings. The summed E-state index contributed by atoms with van der Waals surface area (Å²) in [5.41, 5.74) is 3.11. The van der Waals surface area contributed by atoms with Crippen molar-refractivity contribution in [1.29, 1.82) is 0 Å². The van der Waals surface area contributed by atoms with E-state index in [9.17, 15) is 13.2 Å². The Morgan fingerprint density at radius 3 is 2.26 bits per heavy atom. The third-order valence-electron chi connectivity index (χ3n) is 6.15. The molecule has 5 aromatic rings. The average molecular weight is 602 g/mol. The van der Waals surface area contributed by atoms with Gasteiger partial charge in [-0.05, 0) is 48.0 Å². The lowest BCUT2D eigenvalue weighted by Crippen LogP contribution is -2.15. The topological polar surface area (TPSA) is 138 Å². The number of carbonyl (C=O) groups excluding carboxylic acids is 1. The second-order valence-corrected chi connectivity index (χ2v) is 11.5. The van der Waals surface area contributed by atoms with Gasteiger partial charge in [0, 0.05) is 11.3 Å². The van der Waals surface area contributed by atoms with Gasteiger partial charge in [-0.1, -0.05) is 72.4 Å². The number of methoxy groups -OCH3 is 1. The fourth-order valence-electron chi connectivity index (χ4n) is 4.19. The highest BCUT2D eigenvalue weighted by Crippen LogP contribution is 2.32. The lowest BCUT2D eigenvalue weighted by molar-refractivity contribution is -0.113. The predicted molar refractivity (Wildman–Crippen MR) is 161 cm³/mol. The molecule has 4 aromatic carbocycles. The molecular formula is C30H27N5O5S2. The molecule has 5 rings (SSSR count). The van der Waals surface area contributed by atoms with Crippen molar-refractivity contribution in [2.75, 3.05) is 18.2 Å². The van der Waals surface area contributed by atoms with Crippen LogP contribution >= 0.6 is 11.8 Å². The summed E-state index contributed by atoms with van der Waals surface area (Å²) in [4.78, 5) is 12.7. The molecule has 0 fully saturated rings. The molecule has 0 unspecified atom stereocenters. The van der Waals surface area contributed by atoms with Crippen LogP contribution in [0.2, 0.25) is 0 Å². The van der Waals surface area contributed by atoms with Gasteiger partial charge >= 0.3 is 0 Å². The minimum absolute atomic E-state index is 0.0158. The molecule has 10 nitrogen and oxygen atoms in total. The Balaban J connectivity index is 1.36. The maximum absolute atomic E-state index is 12.7. The lowest BCUT2D eigenvalue weighted by Gasteiger charge is -2.15. The Kier molecular flexibility index (Phi) is 8.86. The zero-order valence-corrected chi connectivity index (χ0v) is 24.1. The summed E-state index contributed by atoms with van der Waals surface area (Å²) in [6, 6.07) is 30.8. The number of anilines is 1. The molecule has 12 heteroatoms. The SMILES string of the molecule is COc1ccccc1-n1c(COc2ccccc2-c2ccccc2)nnc1SCC(=O)Nc1ccc(S(N)(=O)=O)cc1. The molecule has 0 aliphatic heterocycles. The first kappa shape index (κ1) is 28.9. The van der Waals surface area contributed by atoms with Crippen LogP contribution in [0.3, 0.4) is 0 Å². The molecule has 3 N–H and O–H groups in total. The summed E-state index contributed by atoms with van der Waals surface area (Å²) < 4.78 is 36.6. The summed E-state index contributed by atoms with van der Waals surface area (Å²) >= 11 is 1.19. The van der Waals surface area contributed by atoms with Gasteiger partial charge in [-0.3, -0.25) is 9.36 Å².